The van der Waals surface area contributed by atoms with E-state index in [2.05, 4.69) is 10.3 Å². The van der Waals surface area contributed by atoms with Gasteiger partial charge in [0.25, 0.3) is 0 Å². The summed E-state index contributed by atoms with van der Waals surface area (Å²) in [6.07, 6.45) is 1.76. The minimum Gasteiger partial charge on any atom is -0.493 e. The van der Waals surface area contributed by atoms with Gasteiger partial charge in [0.05, 0.1) is 37.0 Å². The lowest BCUT2D eigenvalue weighted by atomic mass is 10.2. The van der Waals surface area contributed by atoms with Gasteiger partial charge in [0.1, 0.15) is 0 Å². The average Bonchev–Trinajstić information content (AvgIpc) is 3.36. The van der Waals surface area contributed by atoms with E-state index in [1.54, 1.807) is 48.2 Å². The van der Waals surface area contributed by atoms with Crippen LogP contribution in [0, 0.1) is 5.92 Å². The second-order valence-electron chi connectivity index (χ2n) is 9.56. The molecule has 3 aromatic carbocycles. The maximum Gasteiger partial charge on any atom is 0.243 e. The van der Waals surface area contributed by atoms with Crippen molar-refractivity contribution in [3.8, 4) is 28.4 Å². The molecule has 1 amide bonds. The SMILES string of the molecule is COc1ccc(-n2cc(-c3ccc(Cl)cc3)nc2NC(=O)CN(CC(C)C)S(=O)(=O)c2ccc(Cl)cc2)cc1OC. The highest BCUT2D eigenvalue weighted by Gasteiger charge is 2.28. The number of methoxy groups -OCH3 is 2. The van der Waals surface area contributed by atoms with Crippen molar-refractivity contribution in [3.63, 3.8) is 0 Å². The Hall–Kier alpha value is -3.57. The summed E-state index contributed by atoms with van der Waals surface area (Å²) in [5.41, 5.74) is 1.98. The summed E-state index contributed by atoms with van der Waals surface area (Å²) in [6, 6.07) is 18.3. The molecule has 12 heteroatoms. The van der Waals surface area contributed by atoms with E-state index in [0.717, 1.165) is 9.87 Å². The molecule has 0 unspecified atom stereocenters. The van der Waals surface area contributed by atoms with Gasteiger partial charge in [-0.15, -0.1) is 0 Å². The topological polar surface area (TPSA) is 103 Å². The van der Waals surface area contributed by atoms with Crippen molar-refractivity contribution >= 4 is 45.1 Å². The summed E-state index contributed by atoms with van der Waals surface area (Å²) >= 11 is 12.0. The number of anilines is 1. The number of benzene rings is 3. The number of carbonyl (C=O) groups is 1. The fraction of sp³-hybridized carbons (Fsp3) is 0.241. The Morgan fingerprint density at radius 2 is 1.56 bits per heavy atom. The van der Waals surface area contributed by atoms with Gasteiger partial charge >= 0.3 is 0 Å². The van der Waals surface area contributed by atoms with Crippen LogP contribution in [0.5, 0.6) is 11.5 Å². The molecule has 41 heavy (non-hydrogen) atoms. The van der Waals surface area contributed by atoms with E-state index in [4.69, 9.17) is 32.7 Å². The Bertz CT molecular complexity index is 1620. The van der Waals surface area contributed by atoms with Gasteiger partial charge in [0.15, 0.2) is 11.5 Å². The van der Waals surface area contributed by atoms with Crippen LogP contribution in [0.25, 0.3) is 16.9 Å². The van der Waals surface area contributed by atoms with E-state index in [-0.39, 0.29) is 23.3 Å². The van der Waals surface area contributed by atoms with E-state index >= 15 is 0 Å². The number of imidazole rings is 1. The molecular formula is C29H30Cl2N4O5S. The molecule has 1 heterocycles. The van der Waals surface area contributed by atoms with Gasteiger partial charge < -0.3 is 9.47 Å². The second-order valence-corrected chi connectivity index (χ2v) is 12.4. The average molecular weight is 618 g/mol. The zero-order valence-corrected chi connectivity index (χ0v) is 25.3. The van der Waals surface area contributed by atoms with Crippen LogP contribution < -0.4 is 14.8 Å². The van der Waals surface area contributed by atoms with Gasteiger partial charge in [-0.05, 0) is 54.4 Å². The molecule has 9 nitrogen and oxygen atoms in total. The summed E-state index contributed by atoms with van der Waals surface area (Å²) in [6.45, 7) is 3.48. The summed E-state index contributed by atoms with van der Waals surface area (Å²) in [4.78, 5) is 18.1. The highest BCUT2D eigenvalue weighted by molar-refractivity contribution is 7.89. The molecule has 0 aliphatic rings. The van der Waals surface area contributed by atoms with Gasteiger partial charge in [-0.3, -0.25) is 14.7 Å². The van der Waals surface area contributed by atoms with Crippen LogP contribution in [0.15, 0.2) is 77.8 Å². The number of sulfonamides is 1. The molecule has 0 saturated carbocycles. The van der Waals surface area contributed by atoms with Crippen molar-refractivity contribution in [1.82, 2.24) is 13.9 Å². The van der Waals surface area contributed by atoms with Crippen molar-refractivity contribution in [3.05, 3.63) is 83.0 Å². The molecule has 1 N–H and O–H groups in total. The van der Waals surface area contributed by atoms with Gasteiger partial charge in [0, 0.05) is 34.4 Å². The molecule has 0 aliphatic heterocycles. The Kier molecular flexibility index (Phi) is 9.60. The first kappa shape index (κ1) is 30.4. The maximum absolute atomic E-state index is 13.4. The van der Waals surface area contributed by atoms with Crippen molar-refractivity contribution in [2.75, 3.05) is 32.6 Å². The molecule has 0 radical (unpaired) electrons. The third-order valence-corrected chi connectivity index (χ3v) is 8.41. The van der Waals surface area contributed by atoms with Crippen LogP contribution in [-0.2, 0) is 14.8 Å². The van der Waals surface area contributed by atoms with Gasteiger partial charge in [-0.25, -0.2) is 13.4 Å². The highest BCUT2D eigenvalue weighted by Crippen LogP contribution is 2.32. The number of hydrogen-bond acceptors (Lipinski definition) is 6. The van der Waals surface area contributed by atoms with Gasteiger partial charge in [0.2, 0.25) is 21.9 Å². The number of hydrogen-bond donors (Lipinski definition) is 1. The van der Waals surface area contributed by atoms with E-state index < -0.39 is 22.5 Å². The van der Waals surface area contributed by atoms with Crippen molar-refractivity contribution in [2.24, 2.45) is 5.92 Å². The van der Waals surface area contributed by atoms with E-state index in [9.17, 15) is 13.2 Å². The number of ether oxygens (including phenoxy) is 2. The van der Waals surface area contributed by atoms with Gasteiger partial charge in [-0.2, -0.15) is 4.31 Å². The number of rotatable bonds is 11. The molecule has 0 aliphatic carbocycles. The van der Waals surface area contributed by atoms with Crippen LogP contribution in [-0.4, -0.2) is 55.5 Å². The summed E-state index contributed by atoms with van der Waals surface area (Å²) < 4.78 is 40.5. The summed E-state index contributed by atoms with van der Waals surface area (Å²) in [7, 11) is -0.906. The number of nitrogens with zero attached hydrogens (tertiary/aromatic N) is 3. The summed E-state index contributed by atoms with van der Waals surface area (Å²) in [5.74, 6) is 0.631. The number of nitrogens with one attached hydrogen (secondary N) is 1. The Labute approximate surface area is 249 Å². The molecule has 0 saturated heterocycles. The van der Waals surface area contributed by atoms with Crippen LogP contribution in [0.4, 0.5) is 5.95 Å². The molecule has 0 bridgehead atoms. The minimum absolute atomic E-state index is 0.0323. The van der Waals surface area contributed by atoms with E-state index in [0.29, 0.717) is 32.9 Å². The molecular weight excluding hydrogens is 587 g/mol. The first-order valence-electron chi connectivity index (χ1n) is 12.6. The van der Waals surface area contributed by atoms with Crippen molar-refractivity contribution in [2.45, 2.75) is 18.7 Å². The largest absolute Gasteiger partial charge is 0.493 e. The lowest BCUT2D eigenvalue weighted by Gasteiger charge is -2.23. The third kappa shape index (κ3) is 7.20. The quantitative estimate of drug-likeness (QED) is 0.217. The van der Waals surface area contributed by atoms with Crippen molar-refractivity contribution < 1.29 is 22.7 Å². The highest BCUT2D eigenvalue weighted by atomic mass is 35.5. The predicted octanol–water partition coefficient (Wildman–Crippen LogP) is 6.15. The molecule has 216 valence electrons. The van der Waals surface area contributed by atoms with Crippen LogP contribution >= 0.6 is 23.2 Å². The lowest BCUT2D eigenvalue weighted by molar-refractivity contribution is -0.116. The normalized spacial score (nSPS) is 11.6. The van der Waals surface area contributed by atoms with Crippen LogP contribution in [0.2, 0.25) is 10.0 Å². The number of amides is 1. The number of carbonyl (C=O) groups excluding carboxylic acids is 1. The summed E-state index contributed by atoms with van der Waals surface area (Å²) in [5, 5.41) is 3.79. The molecule has 0 atom stereocenters. The monoisotopic (exact) mass is 616 g/mol. The number of aromatic nitrogens is 2. The molecule has 4 aromatic rings. The van der Waals surface area contributed by atoms with Crippen LogP contribution in [0.3, 0.4) is 0 Å². The molecule has 1 aromatic heterocycles. The minimum atomic E-state index is -3.98. The zero-order valence-electron chi connectivity index (χ0n) is 23.0. The van der Waals surface area contributed by atoms with E-state index in [1.807, 2.05) is 26.0 Å². The second kappa shape index (κ2) is 12.9. The molecule has 0 spiro atoms. The third-order valence-electron chi connectivity index (χ3n) is 6.08. The standard InChI is InChI=1S/C29H30Cl2N4O5S/c1-19(2)16-34(41(37,38)24-12-9-22(31)10-13-24)18-28(36)33-29-32-25(20-5-7-21(30)8-6-20)17-35(29)23-11-14-26(39-3)27(15-23)40-4/h5-15,17,19H,16,18H2,1-4H3,(H,32,33,36). The Balaban J connectivity index is 1.69. The molecule has 0 fully saturated rings. The van der Waals surface area contributed by atoms with Gasteiger partial charge in [-0.1, -0.05) is 49.2 Å². The lowest BCUT2D eigenvalue weighted by Crippen LogP contribution is -2.40. The smallest absolute Gasteiger partial charge is 0.243 e. The maximum atomic E-state index is 13.4. The fourth-order valence-corrected chi connectivity index (χ4v) is 5.95. The Morgan fingerprint density at radius 1 is 0.951 bits per heavy atom. The first-order chi connectivity index (χ1) is 19.5. The Morgan fingerprint density at radius 3 is 2.15 bits per heavy atom. The van der Waals surface area contributed by atoms with E-state index in [1.165, 1.54) is 31.4 Å². The number of halogens is 2. The van der Waals surface area contributed by atoms with Crippen LogP contribution in [0.1, 0.15) is 13.8 Å². The zero-order chi connectivity index (χ0) is 29.7. The van der Waals surface area contributed by atoms with Crippen molar-refractivity contribution in [1.29, 1.82) is 0 Å². The fourth-order valence-electron chi connectivity index (χ4n) is 4.13. The first-order valence-corrected chi connectivity index (χ1v) is 14.8. The molecule has 4 rings (SSSR count). The predicted molar refractivity (Wildman–Crippen MR) is 161 cm³/mol.